The maximum absolute atomic E-state index is 12.7. The van der Waals surface area contributed by atoms with Gasteiger partial charge in [0.1, 0.15) is 16.3 Å². The normalized spacial score (nSPS) is 13.8. The minimum Gasteiger partial charge on any atom is -0.298 e. The molecule has 24 heavy (non-hydrogen) atoms. The van der Waals surface area contributed by atoms with Crippen LogP contribution in [0.4, 0.5) is 0 Å². The molecule has 6 heteroatoms. The van der Waals surface area contributed by atoms with E-state index < -0.39 is 5.41 Å². The Morgan fingerprint density at radius 1 is 1.42 bits per heavy atom. The Morgan fingerprint density at radius 3 is 2.54 bits per heavy atom. The lowest BCUT2D eigenvalue weighted by Gasteiger charge is -2.15. The molecule has 2 aromatic rings. The molecule has 2 rings (SSSR count). The van der Waals surface area contributed by atoms with Gasteiger partial charge in [-0.15, -0.1) is 22.7 Å². The monoisotopic (exact) mass is 360 g/mol. The smallest absolute Gasteiger partial charge is 0.269 e. The van der Waals surface area contributed by atoms with Gasteiger partial charge in [0, 0.05) is 16.8 Å². The fraction of sp³-hybridized carbons (Fsp3) is 0.389. The highest BCUT2D eigenvalue weighted by atomic mass is 32.1. The number of hydrogen-bond donors (Lipinski definition) is 0. The number of hydrogen-bond acceptors (Lipinski definition) is 5. The van der Waals surface area contributed by atoms with Crippen LogP contribution in [0.15, 0.2) is 16.2 Å². The highest BCUT2D eigenvalue weighted by Gasteiger charge is 2.27. The number of nitriles is 1. The number of aryl methyl sites for hydroxylation is 1. The first kappa shape index (κ1) is 18.4. The Morgan fingerprint density at radius 2 is 2.08 bits per heavy atom. The number of aromatic nitrogens is 1. The van der Waals surface area contributed by atoms with Crippen LogP contribution in [0.5, 0.6) is 0 Å². The zero-order valence-electron chi connectivity index (χ0n) is 14.5. The third-order valence-electron chi connectivity index (χ3n) is 3.62. The van der Waals surface area contributed by atoms with E-state index in [2.05, 4.69) is 0 Å². The highest BCUT2D eigenvalue weighted by molar-refractivity contribution is 7.11. The van der Waals surface area contributed by atoms with Gasteiger partial charge in [0.05, 0.1) is 4.53 Å². The molecule has 0 saturated carbocycles. The van der Waals surface area contributed by atoms with Gasteiger partial charge in [-0.2, -0.15) is 5.26 Å². The van der Waals surface area contributed by atoms with Crippen molar-refractivity contribution in [3.05, 3.63) is 41.4 Å². The zero-order valence-corrected chi connectivity index (χ0v) is 16.1. The first-order chi connectivity index (χ1) is 11.2. The SMILES string of the molecule is CCn1c(=O)/c(=C\c2sccc2C)s/c1=C(/C#N)C(=O)C(C)(C)C. The summed E-state index contributed by atoms with van der Waals surface area (Å²) < 4.78 is 2.51. The lowest BCUT2D eigenvalue weighted by molar-refractivity contribution is -0.120. The number of carbonyl (C=O) groups is 1. The van der Waals surface area contributed by atoms with Crippen LogP contribution in [0.3, 0.4) is 0 Å². The maximum Gasteiger partial charge on any atom is 0.269 e. The van der Waals surface area contributed by atoms with Crippen molar-refractivity contribution < 1.29 is 4.79 Å². The van der Waals surface area contributed by atoms with Crippen LogP contribution in [0.25, 0.3) is 11.6 Å². The molecular weight excluding hydrogens is 340 g/mol. The lowest BCUT2D eigenvalue weighted by atomic mass is 9.87. The quantitative estimate of drug-likeness (QED) is 0.844. The number of ketones is 1. The number of nitrogens with zero attached hydrogens (tertiary/aromatic N) is 2. The van der Waals surface area contributed by atoms with Crippen molar-refractivity contribution in [3.63, 3.8) is 0 Å². The minimum atomic E-state index is -0.669. The van der Waals surface area contributed by atoms with E-state index in [0.717, 1.165) is 10.4 Å². The molecule has 0 aromatic carbocycles. The Labute approximate surface area is 149 Å². The van der Waals surface area contributed by atoms with Crippen LogP contribution in [-0.4, -0.2) is 10.4 Å². The number of rotatable bonds is 3. The first-order valence-electron chi connectivity index (χ1n) is 7.65. The van der Waals surface area contributed by atoms with Gasteiger partial charge in [0.15, 0.2) is 5.78 Å². The second kappa shape index (κ2) is 6.88. The molecule has 0 N–H and O–H groups in total. The number of thiophene rings is 1. The molecule has 0 atom stereocenters. The van der Waals surface area contributed by atoms with Crippen molar-refractivity contribution >= 4 is 40.1 Å². The van der Waals surface area contributed by atoms with Crippen molar-refractivity contribution in [1.82, 2.24) is 4.57 Å². The number of thiazole rings is 1. The van der Waals surface area contributed by atoms with E-state index in [-0.39, 0.29) is 16.9 Å². The van der Waals surface area contributed by atoms with Crippen molar-refractivity contribution in [2.45, 2.75) is 41.2 Å². The van der Waals surface area contributed by atoms with Crippen LogP contribution in [0.2, 0.25) is 0 Å². The molecule has 0 saturated heterocycles. The predicted molar refractivity (Wildman–Crippen MR) is 99.6 cm³/mol. The van der Waals surface area contributed by atoms with E-state index in [1.165, 1.54) is 15.9 Å². The van der Waals surface area contributed by atoms with Crippen molar-refractivity contribution in [2.24, 2.45) is 5.41 Å². The highest BCUT2D eigenvalue weighted by Crippen LogP contribution is 2.19. The lowest BCUT2D eigenvalue weighted by Crippen LogP contribution is -2.33. The van der Waals surface area contributed by atoms with Crippen LogP contribution in [-0.2, 0) is 11.3 Å². The van der Waals surface area contributed by atoms with Gasteiger partial charge >= 0.3 is 0 Å². The second-order valence-corrected chi connectivity index (χ2v) is 8.48. The van der Waals surface area contributed by atoms with Gasteiger partial charge in [-0.05, 0) is 36.9 Å². The second-order valence-electron chi connectivity index (χ2n) is 6.50. The van der Waals surface area contributed by atoms with E-state index >= 15 is 0 Å². The Hall–Kier alpha value is -1.97. The summed E-state index contributed by atoms with van der Waals surface area (Å²) in [5.74, 6) is -0.243. The van der Waals surface area contributed by atoms with Gasteiger partial charge in [0.2, 0.25) is 0 Å². The molecule has 0 aliphatic heterocycles. The molecule has 0 aliphatic rings. The Bertz CT molecular complexity index is 992. The zero-order chi connectivity index (χ0) is 18.1. The van der Waals surface area contributed by atoms with Crippen LogP contribution in [0, 0.1) is 23.7 Å². The summed E-state index contributed by atoms with van der Waals surface area (Å²) in [6.45, 7) is 9.58. The molecule has 2 aromatic heterocycles. The Kier molecular flexibility index (Phi) is 5.26. The third-order valence-corrected chi connectivity index (χ3v) is 5.72. The number of carbonyl (C=O) groups excluding carboxylic acids is 1. The van der Waals surface area contributed by atoms with E-state index in [1.54, 1.807) is 32.1 Å². The molecule has 0 spiro atoms. The van der Waals surface area contributed by atoms with Crippen LogP contribution >= 0.6 is 22.7 Å². The summed E-state index contributed by atoms with van der Waals surface area (Å²) in [4.78, 5) is 26.3. The Balaban J connectivity index is 2.85. The van der Waals surface area contributed by atoms with Gasteiger partial charge in [-0.3, -0.25) is 14.2 Å². The fourth-order valence-electron chi connectivity index (χ4n) is 2.21. The van der Waals surface area contributed by atoms with Gasteiger partial charge in [-0.1, -0.05) is 20.8 Å². The molecule has 2 heterocycles. The van der Waals surface area contributed by atoms with Crippen LogP contribution < -0.4 is 14.8 Å². The summed E-state index contributed by atoms with van der Waals surface area (Å²) >= 11 is 2.78. The summed E-state index contributed by atoms with van der Waals surface area (Å²) in [5.41, 5.74) is 0.346. The van der Waals surface area contributed by atoms with Gasteiger partial charge in [0.25, 0.3) is 5.56 Å². The van der Waals surface area contributed by atoms with Crippen molar-refractivity contribution in [2.75, 3.05) is 0 Å². The van der Waals surface area contributed by atoms with E-state index in [1.807, 2.05) is 37.4 Å². The number of Topliss-reactive ketones (excluding diaryl/α,β-unsaturated/α-hetero) is 1. The molecule has 0 fully saturated rings. The van der Waals surface area contributed by atoms with Crippen molar-refractivity contribution in [3.8, 4) is 6.07 Å². The van der Waals surface area contributed by atoms with Gasteiger partial charge < -0.3 is 0 Å². The average molecular weight is 361 g/mol. The standard InChI is InChI=1S/C18H20N2O2S2/c1-6-20-16(22)14(9-13-11(2)7-8-23-13)24-17(20)12(10-19)15(21)18(3,4)5/h7-9H,6H2,1-5H3/b14-9+,17-12-. The molecule has 0 bridgehead atoms. The fourth-order valence-corrected chi connectivity index (χ4v) is 4.29. The molecular formula is C18H20N2O2S2. The first-order valence-corrected chi connectivity index (χ1v) is 9.35. The predicted octanol–water partition coefficient (Wildman–Crippen LogP) is 2.42. The molecule has 4 nitrogen and oxygen atoms in total. The molecule has 0 amide bonds. The van der Waals surface area contributed by atoms with E-state index in [9.17, 15) is 14.9 Å². The van der Waals surface area contributed by atoms with E-state index in [0.29, 0.717) is 15.7 Å². The minimum absolute atomic E-state index is 0.0639. The maximum atomic E-state index is 12.7. The van der Waals surface area contributed by atoms with E-state index in [4.69, 9.17) is 0 Å². The van der Waals surface area contributed by atoms with Gasteiger partial charge in [-0.25, -0.2) is 0 Å². The topological polar surface area (TPSA) is 62.9 Å². The molecule has 0 aliphatic carbocycles. The van der Waals surface area contributed by atoms with Crippen molar-refractivity contribution in [1.29, 1.82) is 5.26 Å². The summed E-state index contributed by atoms with van der Waals surface area (Å²) in [6.07, 6.45) is 1.85. The third kappa shape index (κ3) is 3.42. The average Bonchev–Trinajstić information content (AvgIpc) is 3.04. The molecule has 0 radical (unpaired) electrons. The summed E-state index contributed by atoms with van der Waals surface area (Å²) in [5, 5.41) is 11.5. The summed E-state index contributed by atoms with van der Waals surface area (Å²) in [7, 11) is 0. The summed E-state index contributed by atoms with van der Waals surface area (Å²) in [6, 6.07) is 4.02. The molecule has 126 valence electrons. The van der Waals surface area contributed by atoms with Crippen LogP contribution in [0.1, 0.15) is 38.1 Å². The molecule has 0 unspecified atom stereocenters. The largest absolute Gasteiger partial charge is 0.298 e.